The van der Waals surface area contributed by atoms with Gasteiger partial charge in [-0.3, -0.25) is 9.78 Å². The third-order valence-electron chi connectivity index (χ3n) is 5.83. The van der Waals surface area contributed by atoms with E-state index in [9.17, 15) is 9.18 Å². The van der Waals surface area contributed by atoms with E-state index in [1.54, 1.807) is 13.1 Å². The number of aryl methyl sites for hydroxylation is 1. The van der Waals surface area contributed by atoms with Gasteiger partial charge in [-0.2, -0.15) is 0 Å². The highest BCUT2D eigenvalue weighted by Crippen LogP contribution is 2.44. The summed E-state index contributed by atoms with van der Waals surface area (Å²) >= 11 is 1.38. The third-order valence-corrected chi connectivity index (χ3v) is 7.02. The first-order valence-electron chi connectivity index (χ1n) is 11.9. The van der Waals surface area contributed by atoms with Crippen LogP contribution in [-0.2, 0) is 13.0 Å². The number of nitrogens with two attached hydrogens (primary N) is 2. The summed E-state index contributed by atoms with van der Waals surface area (Å²) in [5.41, 5.74) is 14.4. The Morgan fingerprint density at radius 2 is 1.89 bits per heavy atom. The fourth-order valence-corrected chi connectivity index (χ4v) is 5.37. The zero-order valence-corrected chi connectivity index (χ0v) is 21.8. The molecule has 5 aromatic rings. The fraction of sp³-hybridized carbons (Fsp3) is 0.222. The lowest BCUT2D eigenvalue weighted by atomic mass is 9.92. The predicted octanol–water partition coefficient (Wildman–Crippen LogP) is 5.31. The van der Waals surface area contributed by atoms with Gasteiger partial charge in [-0.15, -0.1) is 21.5 Å². The molecule has 0 aliphatic heterocycles. The highest BCUT2D eigenvalue weighted by Gasteiger charge is 2.29. The number of nitrogen functional groups attached to an aromatic ring is 1. The van der Waals surface area contributed by atoms with Crippen LogP contribution >= 0.6 is 11.3 Å². The number of rotatable bonds is 8. The molecule has 4 heterocycles. The number of primary amides is 1. The van der Waals surface area contributed by atoms with Gasteiger partial charge < -0.3 is 20.6 Å². The molecular formula is C27H25FN6O3S. The van der Waals surface area contributed by atoms with E-state index in [0.29, 0.717) is 46.4 Å². The second-order valence-electron chi connectivity index (χ2n) is 9.19. The van der Waals surface area contributed by atoms with Crippen molar-refractivity contribution in [3.63, 3.8) is 0 Å². The number of thiophene rings is 1. The van der Waals surface area contributed by atoms with Gasteiger partial charge in [-0.1, -0.05) is 13.8 Å². The molecule has 0 bridgehead atoms. The van der Waals surface area contributed by atoms with E-state index in [0.717, 1.165) is 15.0 Å². The van der Waals surface area contributed by atoms with Crippen molar-refractivity contribution < 1.29 is 18.3 Å². The Kier molecular flexibility index (Phi) is 6.77. The summed E-state index contributed by atoms with van der Waals surface area (Å²) in [6.45, 7) is 5.73. The number of halogens is 1. The van der Waals surface area contributed by atoms with Crippen molar-refractivity contribution in [2.45, 2.75) is 33.8 Å². The first kappa shape index (κ1) is 25.3. The highest BCUT2D eigenvalue weighted by atomic mass is 32.1. The van der Waals surface area contributed by atoms with E-state index >= 15 is 0 Å². The maximum absolute atomic E-state index is 13.4. The summed E-state index contributed by atoms with van der Waals surface area (Å²) in [6, 6.07) is 9.46. The lowest BCUT2D eigenvalue weighted by molar-refractivity contribution is 0.0999. The number of carbonyl (C=O) groups is 1. The van der Waals surface area contributed by atoms with Crippen molar-refractivity contribution in [2.24, 2.45) is 11.7 Å². The summed E-state index contributed by atoms with van der Waals surface area (Å²) in [5, 5.41) is 9.11. The van der Waals surface area contributed by atoms with Crippen LogP contribution < -0.4 is 16.2 Å². The summed E-state index contributed by atoms with van der Waals surface area (Å²) in [6.07, 6.45) is 2.12. The van der Waals surface area contributed by atoms with Crippen molar-refractivity contribution in [1.29, 1.82) is 0 Å². The predicted molar refractivity (Wildman–Crippen MR) is 143 cm³/mol. The number of hydrogen-bond donors (Lipinski definition) is 2. The number of hydrogen-bond acceptors (Lipinski definition) is 9. The van der Waals surface area contributed by atoms with Crippen LogP contribution in [0.5, 0.6) is 5.75 Å². The molecule has 1 aromatic carbocycles. The van der Waals surface area contributed by atoms with Crippen LogP contribution in [0.25, 0.3) is 32.0 Å². The van der Waals surface area contributed by atoms with Gasteiger partial charge in [0.15, 0.2) is 0 Å². The van der Waals surface area contributed by atoms with Crippen LogP contribution in [0.2, 0.25) is 0 Å². The minimum Gasteiger partial charge on any atom is -0.487 e. The van der Waals surface area contributed by atoms with Gasteiger partial charge in [-0.25, -0.2) is 9.37 Å². The van der Waals surface area contributed by atoms with E-state index in [1.807, 2.05) is 26.0 Å². The molecule has 0 saturated heterocycles. The van der Waals surface area contributed by atoms with E-state index in [-0.39, 0.29) is 29.8 Å². The van der Waals surface area contributed by atoms with Crippen LogP contribution in [0.4, 0.5) is 10.2 Å². The number of benzene rings is 1. The second kappa shape index (κ2) is 10.2. The number of pyridine rings is 2. The maximum Gasteiger partial charge on any atom is 0.251 e. The normalized spacial score (nSPS) is 11.4. The molecule has 0 spiro atoms. The molecule has 194 valence electrons. The lowest BCUT2D eigenvalue weighted by Gasteiger charge is -2.19. The molecule has 0 saturated carbocycles. The standard InChI is InChI=1S/C27H25FN6O3S/c1-13(2)10-18-21(26(30)35)23(20-11-15-8-9-31-25(29)24(15)38-20)22(27-34-33-14(3)37-27)19(32-18)12-36-17-6-4-16(28)5-7-17/h4-9,11,13H,10,12H2,1-3H3,(H2,29,31)(H2,30,35). The first-order chi connectivity index (χ1) is 18.2. The molecule has 0 fully saturated rings. The zero-order valence-electron chi connectivity index (χ0n) is 21.0. The van der Waals surface area contributed by atoms with E-state index < -0.39 is 5.91 Å². The Labute approximate surface area is 221 Å². The molecule has 0 atom stereocenters. The second-order valence-corrected chi connectivity index (χ2v) is 10.2. The summed E-state index contributed by atoms with van der Waals surface area (Å²) in [7, 11) is 0. The molecule has 0 aliphatic rings. The monoisotopic (exact) mass is 532 g/mol. The number of ether oxygens (including phenoxy) is 1. The number of anilines is 1. The highest BCUT2D eigenvalue weighted by molar-refractivity contribution is 7.22. The summed E-state index contributed by atoms with van der Waals surface area (Å²) < 4.78 is 26.0. The third kappa shape index (κ3) is 4.92. The molecule has 0 unspecified atom stereocenters. The number of aromatic nitrogens is 4. The van der Waals surface area contributed by atoms with Gasteiger partial charge >= 0.3 is 0 Å². The molecule has 4 aromatic heterocycles. The van der Waals surface area contributed by atoms with Crippen molar-refractivity contribution in [2.75, 3.05) is 5.73 Å². The van der Waals surface area contributed by atoms with Crippen LogP contribution in [0.15, 0.2) is 47.0 Å². The molecular weight excluding hydrogens is 507 g/mol. The van der Waals surface area contributed by atoms with Crippen molar-refractivity contribution >= 4 is 33.1 Å². The van der Waals surface area contributed by atoms with Crippen LogP contribution in [0.1, 0.15) is 41.5 Å². The van der Waals surface area contributed by atoms with Gasteiger partial charge in [0, 0.05) is 23.6 Å². The van der Waals surface area contributed by atoms with Crippen LogP contribution in [0, 0.1) is 18.7 Å². The maximum atomic E-state index is 13.4. The average molecular weight is 533 g/mol. The number of nitrogens with zero attached hydrogens (tertiary/aromatic N) is 4. The van der Waals surface area contributed by atoms with E-state index in [2.05, 4.69) is 15.2 Å². The minimum atomic E-state index is -0.629. The topological polar surface area (TPSA) is 143 Å². The van der Waals surface area contributed by atoms with Gasteiger partial charge in [0.05, 0.1) is 27.2 Å². The Bertz CT molecular complexity index is 1650. The van der Waals surface area contributed by atoms with Crippen molar-refractivity contribution in [3.05, 3.63) is 71.3 Å². The molecule has 1 amide bonds. The molecule has 38 heavy (non-hydrogen) atoms. The number of fused-ring (bicyclic) bond motifs is 1. The van der Waals surface area contributed by atoms with E-state index in [1.165, 1.54) is 35.6 Å². The Balaban J connectivity index is 1.80. The van der Waals surface area contributed by atoms with Crippen molar-refractivity contribution in [1.82, 2.24) is 20.2 Å². The largest absolute Gasteiger partial charge is 0.487 e. The molecule has 4 N–H and O–H groups in total. The molecule has 5 rings (SSSR count). The SMILES string of the molecule is Cc1nnc(-c2c(COc3ccc(F)cc3)nc(CC(C)C)c(C(N)=O)c2-c2cc3ccnc(N)c3s2)o1. The van der Waals surface area contributed by atoms with E-state index in [4.69, 9.17) is 25.6 Å². The van der Waals surface area contributed by atoms with Gasteiger partial charge in [0.1, 0.15) is 24.0 Å². The van der Waals surface area contributed by atoms with Gasteiger partial charge in [0.25, 0.3) is 5.91 Å². The molecule has 11 heteroatoms. The van der Waals surface area contributed by atoms with Gasteiger partial charge in [-0.05, 0) is 54.1 Å². The average Bonchev–Trinajstić information content (AvgIpc) is 3.49. The first-order valence-corrected chi connectivity index (χ1v) is 12.7. The quantitative estimate of drug-likeness (QED) is 0.273. The van der Waals surface area contributed by atoms with Crippen LogP contribution in [0.3, 0.4) is 0 Å². The Morgan fingerprint density at radius 3 is 2.53 bits per heavy atom. The zero-order chi connectivity index (χ0) is 27.0. The molecule has 0 aliphatic carbocycles. The summed E-state index contributed by atoms with van der Waals surface area (Å²) in [4.78, 5) is 22.8. The molecule has 9 nitrogen and oxygen atoms in total. The minimum absolute atomic E-state index is 0.00583. The summed E-state index contributed by atoms with van der Waals surface area (Å²) in [5.74, 6) is 0.521. The van der Waals surface area contributed by atoms with Crippen molar-refractivity contribution in [3.8, 4) is 27.6 Å². The van der Waals surface area contributed by atoms with Crippen LogP contribution in [-0.4, -0.2) is 26.1 Å². The smallest absolute Gasteiger partial charge is 0.251 e. The molecule has 0 radical (unpaired) electrons. The Hall–Kier alpha value is -4.38. The number of amides is 1. The fourth-order valence-electron chi connectivity index (χ4n) is 4.26. The Morgan fingerprint density at radius 1 is 1.13 bits per heavy atom. The lowest BCUT2D eigenvalue weighted by Crippen LogP contribution is -2.20. The number of carbonyl (C=O) groups excluding carboxylic acids is 1. The van der Waals surface area contributed by atoms with Gasteiger partial charge in [0.2, 0.25) is 11.8 Å².